The molecule has 0 aromatic heterocycles. The molecule has 0 radical (unpaired) electrons. The van der Waals surface area contributed by atoms with Crippen LogP contribution < -0.4 is 21.5 Å². The summed E-state index contributed by atoms with van der Waals surface area (Å²) in [7, 11) is -3.72. The zero-order valence-electron chi connectivity index (χ0n) is 20.4. The summed E-state index contributed by atoms with van der Waals surface area (Å²) in [5.41, 5.74) is 11.8. The van der Waals surface area contributed by atoms with Crippen molar-refractivity contribution in [1.29, 1.82) is 0 Å². The molecule has 0 fully saturated rings. The molecule has 0 saturated heterocycles. The molecule has 0 aliphatic carbocycles. The van der Waals surface area contributed by atoms with Crippen molar-refractivity contribution < 1.29 is 27.1 Å². The van der Waals surface area contributed by atoms with Gasteiger partial charge in [0.05, 0.1) is 30.0 Å². The molecule has 0 spiro atoms. The summed E-state index contributed by atoms with van der Waals surface area (Å²) in [5, 5.41) is 2.57. The van der Waals surface area contributed by atoms with Gasteiger partial charge in [-0.3, -0.25) is 14.3 Å². The average Bonchev–Trinajstić information content (AvgIpc) is 2.81. The zero-order chi connectivity index (χ0) is 27.1. The number of halogens is 1. The Kier molecular flexibility index (Phi) is 13.0. The number of rotatable bonds is 14. The number of anilines is 1. The van der Waals surface area contributed by atoms with E-state index in [0.717, 1.165) is 12.3 Å². The van der Waals surface area contributed by atoms with E-state index in [1.54, 1.807) is 19.1 Å². The first-order valence-electron chi connectivity index (χ1n) is 11.2. The fraction of sp³-hybridized carbons (Fsp3) is 0.360. The molecule has 0 saturated carbocycles. The lowest BCUT2D eigenvalue weighted by molar-refractivity contribution is -0.148. The molecule has 0 bridgehead atoms. The van der Waals surface area contributed by atoms with Crippen molar-refractivity contribution in [2.45, 2.75) is 32.7 Å². The van der Waals surface area contributed by atoms with Crippen LogP contribution in [0.4, 0.5) is 10.1 Å². The summed E-state index contributed by atoms with van der Waals surface area (Å²) in [6, 6.07) is 2.48. The van der Waals surface area contributed by atoms with Crippen LogP contribution in [0, 0.1) is 24.1 Å². The second-order valence-corrected chi connectivity index (χ2v) is 9.52. The fourth-order valence-electron chi connectivity index (χ4n) is 3.06. The molecule has 1 amide bonds. The quantitative estimate of drug-likeness (QED) is 0.127. The number of benzene rings is 1. The van der Waals surface area contributed by atoms with E-state index in [-0.39, 0.29) is 29.7 Å². The molecule has 36 heavy (non-hydrogen) atoms. The van der Waals surface area contributed by atoms with Crippen molar-refractivity contribution in [2.75, 3.05) is 24.1 Å². The minimum absolute atomic E-state index is 0.00999. The summed E-state index contributed by atoms with van der Waals surface area (Å²) >= 11 is 0. The summed E-state index contributed by atoms with van der Waals surface area (Å²) in [6.45, 7) is 2.44. The number of carbonyl (C=O) groups is 2. The van der Waals surface area contributed by atoms with Crippen molar-refractivity contribution in [3.63, 3.8) is 0 Å². The van der Waals surface area contributed by atoms with Crippen LogP contribution in [0.25, 0.3) is 0 Å². The topological polar surface area (TPSA) is 154 Å². The molecule has 6 N–H and O–H groups in total. The first-order valence-corrected chi connectivity index (χ1v) is 13.1. The molecule has 1 aromatic rings. The molecule has 9 nitrogen and oxygen atoms in total. The van der Waals surface area contributed by atoms with Crippen molar-refractivity contribution in [2.24, 2.45) is 17.4 Å². The molecule has 1 atom stereocenters. The van der Waals surface area contributed by atoms with Crippen LogP contribution >= 0.6 is 0 Å². The van der Waals surface area contributed by atoms with Crippen LogP contribution in [0.2, 0.25) is 0 Å². The van der Waals surface area contributed by atoms with Crippen molar-refractivity contribution in [3.8, 4) is 12.3 Å². The van der Waals surface area contributed by atoms with E-state index in [1.807, 2.05) is 10.8 Å². The monoisotopic (exact) mass is 520 g/mol. The van der Waals surface area contributed by atoms with Crippen LogP contribution in [-0.2, 0) is 30.9 Å². The molecular weight excluding hydrogens is 487 g/mol. The number of sulfonamides is 1. The van der Waals surface area contributed by atoms with E-state index in [2.05, 4.69) is 11.2 Å². The van der Waals surface area contributed by atoms with Gasteiger partial charge in [-0.05, 0) is 62.6 Å². The minimum atomic E-state index is -3.72. The van der Waals surface area contributed by atoms with Gasteiger partial charge in [-0.2, -0.15) is 0 Å². The third-order valence-corrected chi connectivity index (χ3v) is 5.30. The predicted octanol–water partition coefficient (Wildman–Crippen LogP) is 2.06. The Balaban J connectivity index is 2.62. The lowest BCUT2D eigenvalue weighted by Gasteiger charge is -2.13. The SMILES string of the molecule is C#Cc1cc(CNC(=O)/C=C/C(N)=C/C=CCCC(CCN)C(=O)OCC)cc(F)c1NS(C)(=O)=O. The Hall–Kier alpha value is -3.62. The number of amides is 1. The van der Waals surface area contributed by atoms with Gasteiger partial charge in [-0.15, -0.1) is 6.42 Å². The van der Waals surface area contributed by atoms with E-state index < -0.39 is 21.7 Å². The Morgan fingerprint density at radius 2 is 2.00 bits per heavy atom. The highest BCUT2D eigenvalue weighted by atomic mass is 32.2. The first kappa shape index (κ1) is 30.4. The highest BCUT2D eigenvalue weighted by Crippen LogP contribution is 2.22. The van der Waals surface area contributed by atoms with Gasteiger partial charge in [0.1, 0.15) is 5.82 Å². The van der Waals surface area contributed by atoms with Crippen molar-refractivity contribution in [3.05, 3.63) is 65.2 Å². The number of allylic oxidation sites excluding steroid dienone is 4. The molecular formula is C25H33FN4O5S. The Bertz CT molecular complexity index is 1150. The van der Waals surface area contributed by atoms with Gasteiger partial charge in [0.15, 0.2) is 0 Å². The second kappa shape index (κ2) is 15.4. The maximum atomic E-state index is 14.3. The normalized spacial score (nSPS) is 12.9. The van der Waals surface area contributed by atoms with Crippen LogP contribution in [0.1, 0.15) is 37.3 Å². The number of terminal acetylenes is 1. The first-order chi connectivity index (χ1) is 17.0. The zero-order valence-corrected chi connectivity index (χ0v) is 21.2. The van der Waals surface area contributed by atoms with Gasteiger partial charge >= 0.3 is 5.97 Å². The van der Waals surface area contributed by atoms with Crippen LogP contribution in [0.3, 0.4) is 0 Å². The lowest BCUT2D eigenvalue weighted by atomic mass is 9.99. The van der Waals surface area contributed by atoms with Crippen molar-refractivity contribution >= 4 is 27.6 Å². The predicted molar refractivity (Wildman–Crippen MR) is 138 cm³/mol. The van der Waals surface area contributed by atoms with Gasteiger partial charge in [0, 0.05) is 18.3 Å². The third-order valence-electron chi connectivity index (χ3n) is 4.73. The van der Waals surface area contributed by atoms with Crippen LogP contribution in [0.5, 0.6) is 0 Å². The lowest BCUT2D eigenvalue weighted by Crippen LogP contribution is -2.21. The summed E-state index contributed by atoms with van der Waals surface area (Å²) in [5.74, 6) is 0.396. The van der Waals surface area contributed by atoms with Gasteiger partial charge in [-0.25, -0.2) is 12.8 Å². The largest absolute Gasteiger partial charge is 0.466 e. The number of carbonyl (C=O) groups excluding carboxylic acids is 2. The van der Waals surface area contributed by atoms with Crippen LogP contribution in [-0.4, -0.2) is 39.7 Å². The average molecular weight is 521 g/mol. The number of esters is 1. The number of nitrogens with one attached hydrogen (secondary N) is 2. The van der Waals surface area contributed by atoms with E-state index in [4.69, 9.17) is 22.6 Å². The Labute approximate surface area is 211 Å². The van der Waals surface area contributed by atoms with E-state index in [0.29, 0.717) is 43.7 Å². The molecule has 11 heteroatoms. The number of nitrogens with two attached hydrogens (primary N) is 2. The fourth-order valence-corrected chi connectivity index (χ4v) is 3.64. The van der Waals surface area contributed by atoms with E-state index in [9.17, 15) is 22.4 Å². The molecule has 196 valence electrons. The maximum Gasteiger partial charge on any atom is 0.308 e. The Morgan fingerprint density at radius 3 is 2.61 bits per heavy atom. The maximum absolute atomic E-state index is 14.3. The smallest absolute Gasteiger partial charge is 0.308 e. The highest BCUT2D eigenvalue weighted by molar-refractivity contribution is 7.92. The van der Waals surface area contributed by atoms with Gasteiger partial charge in [0.25, 0.3) is 0 Å². The number of hydrogen-bond acceptors (Lipinski definition) is 7. The van der Waals surface area contributed by atoms with E-state index in [1.165, 1.54) is 18.2 Å². The number of hydrogen-bond donors (Lipinski definition) is 4. The minimum Gasteiger partial charge on any atom is -0.466 e. The summed E-state index contributed by atoms with van der Waals surface area (Å²) < 4.78 is 44.2. The molecule has 1 unspecified atom stereocenters. The van der Waals surface area contributed by atoms with E-state index >= 15 is 0 Å². The number of ether oxygens (including phenoxy) is 1. The molecule has 0 heterocycles. The standard InChI is InChI=1S/C25H33FN4O5S/c1-4-19-15-18(16-22(26)24(19)30-36(3,33)34)17-29-23(31)12-11-21(28)10-8-6-7-9-20(13-14-27)25(32)35-5-2/h1,6,8,10-12,15-16,20,30H,5,7,9,13-14,17,27-28H2,2-3H3,(H,29,31)/b8-6?,12-11+,21-10-. The molecule has 1 rings (SSSR count). The molecule has 0 aliphatic heterocycles. The second-order valence-electron chi connectivity index (χ2n) is 7.77. The molecule has 1 aromatic carbocycles. The van der Waals surface area contributed by atoms with Gasteiger partial charge < -0.3 is 21.5 Å². The van der Waals surface area contributed by atoms with Crippen molar-refractivity contribution in [1.82, 2.24) is 5.32 Å². The van der Waals surface area contributed by atoms with Gasteiger partial charge in [-0.1, -0.05) is 18.1 Å². The third kappa shape index (κ3) is 11.7. The van der Waals surface area contributed by atoms with Gasteiger partial charge in [0.2, 0.25) is 15.9 Å². The van der Waals surface area contributed by atoms with Crippen LogP contribution in [0.15, 0.2) is 48.2 Å². The summed E-state index contributed by atoms with van der Waals surface area (Å²) in [6.07, 6.45) is 15.8. The molecule has 0 aliphatic rings. The highest BCUT2D eigenvalue weighted by Gasteiger charge is 2.17. The summed E-state index contributed by atoms with van der Waals surface area (Å²) in [4.78, 5) is 23.9. The Morgan fingerprint density at radius 1 is 1.28 bits per heavy atom.